The van der Waals surface area contributed by atoms with Gasteiger partial charge in [-0.3, -0.25) is 0 Å². The predicted octanol–water partition coefficient (Wildman–Crippen LogP) is 12.1. The van der Waals surface area contributed by atoms with E-state index in [-0.39, 0.29) is 0 Å². The van der Waals surface area contributed by atoms with Gasteiger partial charge in [0.1, 0.15) is 0 Å². The van der Waals surface area contributed by atoms with Crippen molar-refractivity contribution in [2.45, 2.75) is 176 Å². The Labute approximate surface area is 217 Å². The normalized spacial score (nSPS) is 15.6. The Kier molecular flexibility index (Phi) is 23.0. The Hall–Kier alpha value is 0.350. The first-order valence-electron chi connectivity index (χ1n) is 15.6. The van der Waals surface area contributed by atoms with E-state index in [2.05, 4.69) is 54.2 Å². The summed E-state index contributed by atoms with van der Waals surface area (Å²) in [5, 5.41) is 0. The minimum Gasteiger partial charge on any atom is -0.179 e. The number of hydrogen-bond acceptors (Lipinski definition) is 1. The van der Waals surface area contributed by atoms with Crippen LogP contribution in [0.2, 0.25) is 0 Å². The van der Waals surface area contributed by atoms with Crippen molar-refractivity contribution >= 4 is 12.6 Å². The summed E-state index contributed by atoms with van der Waals surface area (Å²) in [6.07, 6.45) is 30.0. The molecule has 0 amide bonds. The molecule has 0 aliphatic carbocycles. The Bertz CT molecular complexity index is 390. The molecule has 0 aliphatic rings. The quantitative estimate of drug-likeness (QED) is 0.0970. The highest BCUT2D eigenvalue weighted by molar-refractivity contribution is 7.80. The fraction of sp³-hybridized carbons (Fsp3) is 1.00. The van der Waals surface area contributed by atoms with Crippen molar-refractivity contribution in [3.8, 4) is 0 Å². The molecule has 0 saturated heterocycles. The summed E-state index contributed by atoms with van der Waals surface area (Å²) in [4.78, 5) is 0. The molecule has 0 aromatic rings. The van der Waals surface area contributed by atoms with Crippen LogP contribution >= 0.6 is 12.6 Å². The van der Waals surface area contributed by atoms with Gasteiger partial charge in [0.2, 0.25) is 0 Å². The van der Waals surface area contributed by atoms with Gasteiger partial charge in [0, 0.05) is 0 Å². The van der Waals surface area contributed by atoms with E-state index in [9.17, 15) is 0 Å². The maximum Gasteiger partial charge on any atom is -0.00979 e. The third-order valence-corrected chi connectivity index (χ3v) is 9.26. The van der Waals surface area contributed by atoms with Gasteiger partial charge in [-0.05, 0) is 48.2 Å². The highest BCUT2D eigenvalue weighted by Crippen LogP contribution is 2.42. The molecule has 0 N–H and O–H groups in total. The van der Waals surface area contributed by atoms with Crippen LogP contribution in [0.1, 0.15) is 176 Å². The van der Waals surface area contributed by atoms with Gasteiger partial charge in [0.05, 0.1) is 0 Å². The van der Waals surface area contributed by atoms with Crippen molar-refractivity contribution in [1.82, 2.24) is 0 Å². The van der Waals surface area contributed by atoms with Gasteiger partial charge in [0.25, 0.3) is 0 Å². The molecule has 0 spiro atoms. The minimum atomic E-state index is 0.596. The number of thiol groups is 1. The average Bonchev–Trinajstić information content (AvgIpc) is 2.81. The second-order valence-corrected chi connectivity index (χ2v) is 12.1. The van der Waals surface area contributed by atoms with Crippen LogP contribution < -0.4 is 0 Å². The van der Waals surface area contributed by atoms with Crippen LogP contribution in [0.15, 0.2) is 0 Å². The lowest BCUT2D eigenvalue weighted by Crippen LogP contribution is -2.27. The van der Waals surface area contributed by atoms with Gasteiger partial charge in [0.15, 0.2) is 0 Å². The molecule has 0 heterocycles. The van der Waals surface area contributed by atoms with E-state index < -0.39 is 0 Å². The molecule has 0 saturated carbocycles. The summed E-state index contributed by atoms with van der Waals surface area (Å²) in [6.45, 7) is 14.6. The number of unbranched alkanes of at least 4 members (excludes halogenated alkanes) is 9. The van der Waals surface area contributed by atoms with Gasteiger partial charge in [-0.15, -0.1) is 0 Å². The Balaban J connectivity index is 4.77. The zero-order valence-electron chi connectivity index (χ0n) is 24.2. The SMILES string of the molecule is CCCCCCCC(CC)(CCCCC(CCC)C(CCCCS)CCCCCC)C(C)C. The number of hydrogen-bond donors (Lipinski definition) is 1. The van der Waals surface area contributed by atoms with Crippen LogP contribution in [-0.4, -0.2) is 5.75 Å². The largest absolute Gasteiger partial charge is 0.179 e. The molecule has 33 heavy (non-hydrogen) atoms. The minimum absolute atomic E-state index is 0.596. The second kappa shape index (κ2) is 22.8. The molecule has 0 aromatic carbocycles. The van der Waals surface area contributed by atoms with Crippen LogP contribution in [0.25, 0.3) is 0 Å². The molecule has 0 aliphatic heterocycles. The summed E-state index contributed by atoms with van der Waals surface area (Å²) < 4.78 is 0. The first-order chi connectivity index (χ1) is 16.0. The van der Waals surface area contributed by atoms with E-state index in [4.69, 9.17) is 0 Å². The molecule has 0 fully saturated rings. The van der Waals surface area contributed by atoms with Crippen molar-refractivity contribution in [2.75, 3.05) is 5.75 Å². The van der Waals surface area contributed by atoms with E-state index in [0.29, 0.717) is 5.41 Å². The van der Waals surface area contributed by atoms with Gasteiger partial charge in [-0.2, -0.15) is 12.6 Å². The predicted molar refractivity (Wildman–Crippen MR) is 158 cm³/mol. The Morgan fingerprint density at radius 3 is 1.45 bits per heavy atom. The fourth-order valence-corrected chi connectivity index (χ4v) is 6.61. The topological polar surface area (TPSA) is 0 Å². The van der Waals surface area contributed by atoms with Crippen molar-refractivity contribution in [3.05, 3.63) is 0 Å². The van der Waals surface area contributed by atoms with E-state index in [0.717, 1.165) is 23.5 Å². The maximum atomic E-state index is 4.48. The van der Waals surface area contributed by atoms with Crippen LogP contribution in [0.3, 0.4) is 0 Å². The molecule has 3 atom stereocenters. The van der Waals surface area contributed by atoms with Crippen LogP contribution in [0.5, 0.6) is 0 Å². The molecule has 0 bridgehead atoms. The maximum absolute atomic E-state index is 4.48. The Morgan fingerprint density at radius 1 is 0.515 bits per heavy atom. The van der Waals surface area contributed by atoms with Crippen molar-refractivity contribution in [3.63, 3.8) is 0 Å². The molecule has 3 unspecified atom stereocenters. The summed E-state index contributed by atoms with van der Waals surface area (Å²) in [6, 6.07) is 0. The first kappa shape index (κ1) is 33.4. The average molecular weight is 483 g/mol. The van der Waals surface area contributed by atoms with Crippen LogP contribution in [0.4, 0.5) is 0 Å². The highest BCUT2D eigenvalue weighted by atomic mass is 32.1. The molecule has 1 heteroatoms. The molecular formula is C32H66S. The first-order valence-corrected chi connectivity index (χ1v) is 16.2. The molecular weight excluding hydrogens is 416 g/mol. The highest BCUT2D eigenvalue weighted by Gasteiger charge is 2.31. The zero-order valence-corrected chi connectivity index (χ0v) is 25.1. The summed E-state index contributed by atoms with van der Waals surface area (Å²) in [5.41, 5.74) is 0.596. The second-order valence-electron chi connectivity index (χ2n) is 11.7. The van der Waals surface area contributed by atoms with E-state index in [1.54, 1.807) is 0 Å². The van der Waals surface area contributed by atoms with Gasteiger partial charge in [-0.25, -0.2) is 0 Å². The van der Waals surface area contributed by atoms with Crippen molar-refractivity contribution in [1.29, 1.82) is 0 Å². The third-order valence-electron chi connectivity index (χ3n) is 8.94. The van der Waals surface area contributed by atoms with Crippen LogP contribution in [0, 0.1) is 23.2 Å². The lowest BCUT2D eigenvalue weighted by atomic mass is 9.68. The van der Waals surface area contributed by atoms with Gasteiger partial charge in [-0.1, -0.05) is 157 Å². The molecule has 0 rings (SSSR count). The summed E-state index contributed by atoms with van der Waals surface area (Å²) in [7, 11) is 0. The van der Waals surface area contributed by atoms with Gasteiger partial charge >= 0.3 is 0 Å². The van der Waals surface area contributed by atoms with Crippen molar-refractivity contribution in [2.24, 2.45) is 23.2 Å². The summed E-state index contributed by atoms with van der Waals surface area (Å²) in [5.74, 6) is 3.84. The molecule has 200 valence electrons. The van der Waals surface area contributed by atoms with Gasteiger partial charge < -0.3 is 0 Å². The van der Waals surface area contributed by atoms with E-state index in [1.165, 1.54) is 135 Å². The zero-order chi connectivity index (χ0) is 24.8. The van der Waals surface area contributed by atoms with Crippen molar-refractivity contribution < 1.29 is 0 Å². The fourth-order valence-electron chi connectivity index (χ4n) is 6.38. The Morgan fingerprint density at radius 2 is 0.970 bits per heavy atom. The molecule has 0 aromatic heterocycles. The monoisotopic (exact) mass is 482 g/mol. The molecule has 0 radical (unpaired) electrons. The smallest absolute Gasteiger partial charge is 0.00979 e. The van der Waals surface area contributed by atoms with E-state index >= 15 is 0 Å². The lowest BCUT2D eigenvalue weighted by Gasteiger charge is -2.38. The molecule has 0 nitrogen and oxygen atoms in total. The lowest BCUT2D eigenvalue weighted by molar-refractivity contribution is 0.132. The number of rotatable bonds is 25. The summed E-state index contributed by atoms with van der Waals surface area (Å²) >= 11 is 4.48. The van der Waals surface area contributed by atoms with Crippen LogP contribution in [-0.2, 0) is 0 Å². The van der Waals surface area contributed by atoms with E-state index in [1.807, 2.05) is 0 Å². The standard InChI is InChI=1S/C32H66S/c1-7-11-13-15-19-26-32(10-4,29(5)6)27-20-17-24-30(22-9-3)31(25-18-21-28-33)23-16-14-12-8-2/h29-31,33H,7-28H2,1-6H3. The third kappa shape index (κ3) is 15.9.